The fourth-order valence-corrected chi connectivity index (χ4v) is 12.2. The molecule has 2 heterocycles. The van der Waals surface area contributed by atoms with Crippen molar-refractivity contribution in [2.24, 2.45) is 23.7 Å². The first kappa shape index (κ1) is 64.5. The summed E-state index contributed by atoms with van der Waals surface area (Å²) in [5.41, 5.74) is 4.98. The van der Waals surface area contributed by atoms with Gasteiger partial charge in [-0.05, 0) is 87.3 Å². The zero-order valence-electron chi connectivity index (χ0n) is 48.6. The number of benzene rings is 4. The predicted octanol–water partition coefficient (Wildman–Crippen LogP) is 12.2. The lowest BCUT2D eigenvalue weighted by molar-refractivity contribution is -0.172. The molecule has 2 fully saturated rings. The Bertz CT molecular complexity index is 3160. The monoisotopic (exact) mass is 1190 g/mol. The highest BCUT2D eigenvalue weighted by Gasteiger charge is 2.52. The summed E-state index contributed by atoms with van der Waals surface area (Å²) in [5.74, 6) is 9.00. The number of ether oxygens (including phenoxy) is 6. The lowest BCUT2D eigenvalue weighted by atomic mass is 9.85. The maximum Gasteiger partial charge on any atom is 0.352 e. The Hall–Kier alpha value is -7.07. The van der Waals surface area contributed by atoms with E-state index in [4.69, 9.17) is 56.7 Å². The lowest BCUT2D eigenvalue weighted by Crippen LogP contribution is -2.30. The quantitative estimate of drug-likeness (QED) is 0.0274. The summed E-state index contributed by atoms with van der Waals surface area (Å²) in [7, 11) is 1.37. The number of aliphatic hydroxyl groups is 2. The van der Waals surface area contributed by atoms with Gasteiger partial charge in [-0.2, -0.15) is 0 Å². The van der Waals surface area contributed by atoms with Crippen LogP contribution in [0.4, 0.5) is 0 Å². The second kappa shape index (κ2) is 30.7. The van der Waals surface area contributed by atoms with E-state index in [0.29, 0.717) is 67.5 Å². The van der Waals surface area contributed by atoms with E-state index in [2.05, 4.69) is 23.7 Å². The molecule has 14 atom stereocenters. The Morgan fingerprint density at radius 3 is 1.81 bits per heavy atom. The number of halogens is 2. The molecule has 84 heavy (non-hydrogen) atoms. The molecule has 4 aromatic rings. The number of hydrogen-bond donors (Lipinski definition) is 3. The van der Waals surface area contributed by atoms with Gasteiger partial charge in [0, 0.05) is 102 Å². The summed E-state index contributed by atoms with van der Waals surface area (Å²) >= 11 is 12.9. The summed E-state index contributed by atoms with van der Waals surface area (Å²) in [6.45, 7) is 10.4. The van der Waals surface area contributed by atoms with Gasteiger partial charge in [0.15, 0.2) is 0 Å². The van der Waals surface area contributed by atoms with Crippen molar-refractivity contribution in [1.82, 2.24) is 0 Å². The molecule has 14 nitrogen and oxygen atoms in total. The standard InChI is InChI=1S/C44H46Cl2O9.C24H30O5/c1-6-7-14-26(2)36(54-43(49)27(3)30-17-8-10-20-34(30)45)24-23-32-37(55-44(50)42(52-28(4)47)31-18-9-11-21-35(31)46)25-38-40(32)33-19-12-15-29(41(33)53-38)16-13-22-39(48)51-5;1-3-4-7-15(2)19(25)13-12-17-20(26)14-21-23(17)18-10-5-8-16(24(18)29-21)9-6-11-22(27)28/h8-12,15,17-21,23-24,26-27,32,36-38,40,42H,13-14,16,22,25H2,1-5H3;5,8,10,12-13,15,17,19-21,23,25-26H,6-7,9,11,14H2,1-2H3,(H,27,28)/b24-23+;13-12+/t26-,27+,32-,36+,37+,38-,40-,42+;15-,17-,19+,20+,21-,23-/m00/s1. The van der Waals surface area contributed by atoms with Crippen LogP contribution in [0.25, 0.3) is 0 Å². The minimum atomic E-state index is -1.39. The second-order valence-corrected chi connectivity index (χ2v) is 22.8. The van der Waals surface area contributed by atoms with E-state index in [1.165, 1.54) is 14.0 Å². The molecule has 0 spiro atoms. The van der Waals surface area contributed by atoms with E-state index >= 15 is 0 Å². The maximum atomic E-state index is 13.9. The lowest BCUT2D eigenvalue weighted by Gasteiger charge is -2.26. The third-order valence-electron chi connectivity index (χ3n) is 16.2. The highest BCUT2D eigenvalue weighted by Crippen LogP contribution is 2.54. The molecule has 0 unspecified atom stereocenters. The Morgan fingerprint density at radius 1 is 0.690 bits per heavy atom. The minimum Gasteiger partial charge on any atom is -0.489 e. The molecule has 4 aromatic carbocycles. The molecule has 8 rings (SSSR count). The number of aliphatic carboxylic acids is 1. The first-order chi connectivity index (χ1) is 40.3. The van der Waals surface area contributed by atoms with Gasteiger partial charge in [-0.15, -0.1) is 23.7 Å². The molecule has 0 radical (unpaired) electrons. The van der Waals surface area contributed by atoms with Crippen LogP contribution in [0.3, 0.4) is 0 Å². The van der Waals surface area contributed by atoms with Gasteiger partial charge in [-0.3, -0.25) is 19.2 Å². The zero-order chi connectivity index (χ0) is 60.6. The molecular formula is C68H76Cl2O14. The van der Waals surface area contributed by atoms with Crippen LogP contribution in [-0.2, 0) is 55.8 Å². The Kier molecular flexibility index (Phi) is 23.5. The number of para-hydroxylation sites is 2. The topological polar surface area (TPSA) is 201 Å². The summed E-state index contributed by atoms with van der Waals surface area (Å²) in [6, 6.07) is 25.7. The Morgan fingerprint density at radius 2 is 1.24 bits per heavy atom. The average Bonchev–Trinajstić information content (AvgIpc) is 2.28. The van der Waals surface area contributed by atoms with Crippen molar-refractivity contribution >= 4 is 53.0 Å². The van der Waals surface area contributed by atoms with Crippen LogP contribution in [0, 0.1) is 47.4 Å². The smallest absolute Gasteiger partial charge is 0.352 e. The van der Waals surface area contributed by atoms with Crippen LogP contribution in [0.2, 0.25) is 10.0 Å². The van der Waals surface area contributed by atoms with E-state index in [9.17, 15) is 34.2 Å². The Labute approximate surface area is 503 Å². The van der Waals surface area contributed by atoms with Crippen molar-refractivity contribution in [3.05, 3.63) is 153 Å². The van der Waals surface area contributed by atoms with Crippen LogP contribution in [-0.4, -0.2) is 88.9 Å². The van der Waals surface area contributed by atoms with Crippen LogP contribution in [0.5, 0.6) is 11.5 Å². The van der Waals surface area contributed by atoms with Gasteiger partial charge >= 0.3 is 29.8 Å². The molecule has 0 aromatic heterocycles. The van der Waals surface area contributed by atoms with Gasteiger partial charge in [0.1, 0.15) is 35.9 Å². The van der Waals surface area contributed by atoms with E-state index in [-0.39, 0.29) is 65.6 Å². The van der Waals surface area contributed by atoms with E-state index in [1.807, 2.05) is 74.5 Å². The van der Waals surface area contributed by atoms with Gasteiger partial charge in [0.2, 0.25) is 6.10 Å². The molecule has 2 aliphatic heterocycles. The molecule has 0 bridgehead atoms. The summed E-state index contributed by atoms with van der Waals surface area (Å²) < 4.78 is 35.5. The number of aliphatic hydroxyl groups excluding tert-OH is 2. The number of hydrogen-bond acceptors (Lipinski definition) is 13. The number of carboxylic acid groups (broad SMARTS) is 1. The Balaban J connectivity index is 0.000000292. The van der Waals surface area contributed by atoms with E-state index in [1.54, 1.807) is 69.3 Å². The number of carbonyl (C=O) groups excluding carboxylic acids is 4. The molecule has 4 aliphatic rings. The molecule has 0 saturated heterocycles. The van der Waals surface area contributed by atoms with Gasteiger partial charge in [0.05, 0.1) is 25.2 Å². The van der Waals surface area contributed by atoms with Crippen molar-refractivity contribution in [3.63, 3.8) is 0 Å². The third-order valence-corrected chi connectivity index (χ3v) is 16.9. The second-order valence-electron chi connectivity index (χ2n) is 22.0. The number of carbonyl (C=O) groups is 5. The van der Waals surface area contributed by atoms with Gasteiger partial charge < -0.3 is 43.7 Å². The average molecular weight is 1190 g/mol. The normalized spacial score (nSPS) is 22.7. The van der Waals surface area contributed by atoms with Gasteiger partial charge in [-0.1, -0.05) is 128 Å². The van der Waals surface area contributed by atoms with E-state index < -0.39 is 66.2 Å². The number of aryl methyl sites for hydroxylation is 2. The van der Waals surface area contributed by atoms with Crippen LogP contribution in [0.1, 0.15) is 150 Å². The van der Waals surface area contributed by atoms with Gasteiger partial charge in [0.25, 0.3) is 0 Å². The molecular weight excluding hydrogens is 1110 g/mol. The highest BCUT2D eigenvalue weighted by atomic mass is 35.5. The van der Waals surface area contributed by atoms with Gasteiger partial charge in [-0.25, -0.2) is 4.79 Å². The third kappa shape index (κ3) is 16.2. The molecule has 16 heteroatoms. The number of esters is 4. The molecule has 3 N–H and O–H groups in total. The van der Waals surface area contributed by atoms with E-state index in [0.717, 1.165) is 33.8 Å². The highest BCUT2D eigenvalue weighted by molar-refractivity contribution is 6.32. The fourth-order valence-electron chi connectivity index (χ4n) is 11.7. The van der Waals surface area contributed by atoms with Crippen LogP contribution < -0.4 is 9.47 Å². The molecule has 446 valence electrons. The molecule has 0 amide bonds. The van der Waals surface area contributed by atoms with Crippen LogP contribution >= 0.6 is 23.2 Å². The summed E-state index contributed by atoms with van der Waals surface area (Å²) in [6.07, 6.45) is 7.99. The van der Waals surface area contributed by atoms with Crippen molar-refractivity contribution < 1.29 is 67.7 Å². The van der Waals surface area contributed by atoms with Crippen molar-refractivity contribution in [2.75, 3.05) is 7.11 Å². The molecule has 2 saturated carbocycles. The fraction of sp³-hybridized carbons (Fsp3) is 0.456. The molecule has 2 aliphatic carbocycles. The summed E-state index contributed by atoms with van der Waals surface area (Å²) in [4.78, 5) is 62.4. The summed E-state index contributed by atoms with van der Waals surface area (Å²) in [5, 5.41) is 30.6. The first-order valence-electron chi connectivity index (χ1n) is 28.8. The first-order valence-corrected chi connectivity index (χ1v) is 29.6. The van der Waals surface area contributed by atoms with Crippen molar-refractivity contribution in [3.8, 4) is 35.2 Å². The predicted molar refractivity (Wildman–Crippen MR) is 319 cm³/mol. The number of fused-ring (bicyclic) bond motifs is 6. The SMILES string of the molecule is CC#CC[C@H](C)[C@@H](/C=C/[C@@H]1[C@H]2c3cccc(CCCC(=O)OC)c3O[C@H]2C[C@H]1OC(=O)[C@H](OC(C)=O)c1ccccc1Cl)OC(=O)[C@H](C)c1ccccc1Cl.CC#CC[C@H](C)[C@H](O)/C=C/[C@@H]1[C@H]2c3cccc(CCCC(=O)O)c3O[C@H]2C[C@H]1O. The maximum absolute atomic E-state index is 13.9. The number of rotatable bonds is 23. The van der Waals surface area contributed by atoms with Crippen molar-refractivity contribution in [1.29, 1.82) is 0 Å². The van der Waals surface area contributed by atoms with Crippen molar-refractivity contribution in [2.45, 2.75) is 166 Å². The largest absolute Gasteiger partial charge is 0.489 e. The zero-order valence-corrected chi connectivity index (χ0v) is 50.1. The minimum absolute atomic E-state index is 0.0287. The van der Waals surface area contributed by atoms with Crippen LogP contribution in [0.15, 0.2) is 109 Å². The number of methoxy groups -OCH3 is 1. The number of carboxylic acids is 1.